The maximum atomic E-state index is 11.6. The molecule has 1 aromatic carbocycles. The summed E-state index contributed by atoms with van der Waals surface area (Å²) >= 11 is 0. The third kappa shape index (κ3) is 1.35. The lowest BCUT2D eigenvalue weighted by Gasteiger charge is -2.23. The monoisotopic (exact) mass is 191 g/mol. The number of benzene rings is 1. The second-order valence-electron chi connectivity index (χ2n) is 3.60. The minimum Gasteiger partial charge on any atom is -0.392 e. The van der Waals surface area contributed by atoms with Crippen LogP contribution in [0, 0.1) is 0 Å². The number of fused-ring (bicyclic) bond motifs is 1. The van der Waals surface area contributed by atoms with Gasteiger partial charge in [0.15, 0.2) is 5.78 Å². The van der Waals surface area contributed by atoms with Crippen LogP contribution in [0.2, 0.25) is 0 Å². The number of aliphatic hydroxyl groups excluding tert-OH is 1. The summed E-state index contributed by atoms with van der Waals surface area (Å²) < 4.78 is 0. The van der Waals surface area contributed by atoms with E-state index in [9.17, 15) is 4.79 Å². The summed E-state index contributed by atoms with van der Waals surface area (Å²) in [6, 6.07) is 5.29. The van der Waals surface area contributed by atoms with E-state index in [0.29, 0.717) is 18.4 Å². The first-order chi connectivity index (χ1) is 6.74. The molecule has 0 fully saturated rings. The molecular formula is C11H13NO2. The van der Waals surface area contributed by atoms with Crippen LogP contribution in [-0.4, -0.2) is 10.9 Å². The average molecular weight is 191 g/mol. The first kappa shape index (κ1) is 9.37. The zero-order valence-electron chi connectivity index (χ0n) is 7.86. The summed E-state index contributed by atoms with van der Waals surface area (Å²) in [7, 11) is 0. The number of rotatable bonds is 1. The molecule has 14 heavy (non-hydrogen) atoms. The maximum Gasteiger partial charge on any atom is 0.163 e. The Kier molecular flexibility index (Phi) is 2.35. The second-order valence-corrected chi connectivity index (χ2v) is 3.60. The van der Waals surface area contributed by atoms with Gasteiger partial charge in [0.25, 0.3) is 0 Å². The second kappa shape index (κ2) is 3.52. The standard InChI is InChI=1S/C11H13NO2/c12-9-4-5-10(14)8-3-1-2-7(6-13)11(8)9/h1-3,9,13H,4-6,12H2/t9-/m1/s1. The van der Waals surface area contributed by atoms with Crippen molar-refractivity contribution in [1.29, 1.82) is 0 Å². The molecule has 1 aromatic rings. The highest BCUT2D eigenvalue weighted by Gasteiger charge is 2.24. The lowest BCUT2D eigenvalue weighted by molar-refractivity contribution is 0.0966. The number of carbonyl (C=O) groups excluding carboxylic acids is 1. The van der Waals surface area contributed by atoms with Crippen molar-refractivity contribution in [3.05, 3.63) is 34.9 Å². The molecule has 1 aliphatic rings. The normalized spacial score (nSPS) is 20.7. The Morgan fingerprint density at radius 2 is 2.29 bits per heavy atom. The van der Waals surface area contributed by atoms with Crippen LogP contribution in [0.4, 0.5) is 0 Å². The van der Waals surface area contributed by atoms with Crippen molar-refractivity contribution in [2.75, 3.05) is 0 Å². The first-order valence-electron chi connectivity index (χ1n) is 4.75. The Hall–Kier alpha value is -1.19. The van der Waals surface area contributed by atoms with Crippen LogP contribution in [0.3, 0.4) is 0 Å². The molecule has 3 N–H and O–H groups in total. The number of hydrogen-bond donors (Lipinski definition) is 2. The molecule has 3 heteroatoms. The molecule has 74 valence electrons. The van der Waals surface area contributed by atoms with Crippen LogP contribution >= 0.6 is 0 Å². The van der Waals surface area contributed by atoms with Crippen LogP contribution in [0.1, 0.15) is 40.4 Å². The zero-order chi connectivity index (χ0) is 10.1. The van der Waals surface area contributed by atoms with E-state index in [2.05, 4.69) is 0 Å². The minimum atomic E-state index is -0.106. The van der Waals surface area contributed by atoms with E-state index in [1.165, 1.54) is 0 Å². The summed E-state index contributed by atoms with van der Waals surface area (Å²) in [5, 5.41) is 9.13. The van der Waals surface area contributed by atoms with Crippen LogP contribution in [0.25, 0.3) is 0 Å². The van der Waals surface area contributed by atoms with Gasteiger partial charge in [-0.3, -0.25) is 4.79 Å². The van der Waals surface area contributed by atoms with Crippen LogP contribution in [0.5, 0.6) is 0 Å². The fraction of sp³-hybridized carbons (Fsp3) is 0.364. The number of carbonyl (C=O) groups is 1. The molecule has 0 radical (unpaired) electrons. The lowest BCUT2D eigenvalue weighted by Crippen LogP contribution is -2.23. The van der Waals surface area contributed by atoms with Crippen molar-refractivity contribution < 1.29 is 9.90 Å². The van der Waals surface area contributed by atoms with Gasteiger partial charge in [0.2, 0.25) is 0 Å². The summed E-state index contributed by atoms with van der Waals surface area (Å²) in [5.41, 5.74) is 8.23. The quantitative estimate of drug-likeness (QED) is 0.700. The van der Waals surface area contributed by atoms with Gasteiger partial charge in [-0.25, -0.2) is 0 Å². The summed E-state index contributed by atoms with van der Waals surface area (Å²) in [4.78, 5) is 11.6. The van der Waals surface area contributed by atoms with Gasteiger partial charge >= 0.3 is 0 Å². The molecule has 1 aliphatic carbocycles. The predicted octanol–water partition coefficient (Wildman–Crippen LogP) is 1.16. The summed E-state index contributed by atoms with van der Waals surface area (Å²) in [6.45, 7) is -0.0514. The molecule has 0 unspecified atom stereocenters. The summed E-state index contributed by atoms with van der Waals surface area (Å²) in [5.74, 6) is 0.136. The third-order valence-corrected chi connectivity index (χ3v) is 2.72. The van der Waals surface area contributed by atoms with Crippen molar-refractivity contribution in [2.45, 2.75) is 25.5 Å². The molecule has 0 aromatic heterocycles. The van der Waals surface area contributed by atoms with Crippen LogP contribution < -0.4 is 5.73 Å². The van der Waals surface area contributed by atoms with Gasteiger partial charge in [0, 0.05) is 18.0 Å². The SMILES string of the molecule is N[C@@H]1CCC(=O)c2cccc(CO)c21. The fourth-order valence-electron chi connectivity index (χ4n) is 2.00. The van der Waals surface area contributed by atoms with Gasteiger partial charge in [-0.15, -0.1) is 0 Å². The van der Waals surface area contributed by atoms with E-state index in [4.69, 9.17) is 10.8 Å². The Morgan fingerprint density at radius 1 is 1.50 bits per heavy atom. The van der Waals surface area contributed by atoms with Gasteiger partial charge < -0.3 is 10.8 Å². The lowest BCUT2D eigenvalue weighted by atomic mass is 9.84. The van der Waals surface area contributed by atoms with E-state index >= 15 is 0 Å². The van der Waals surface area contributed by atoms with Gasteiger partial charge in [0.1, 0.15) is 0 Å². The third-order valence-electron chi connectivity index (χ3n) is 2.72. The molecular weight excluding hydrogens is 178 g/mol. The van der Waals surface area contributed by atoms with Gasteiger partial charge in [0.05, 0.1) is 6.61 Å². The molecule has 0 saturated heterocycles. The molecule has 2 rings (SSSR count). The zero-order valence-corrected chi connectivity index (χ0v) is 7.86. The van der Waals surface area contributed by atoms with Crippen molar-refractivity contribution in [3.8, 4) is 0 Å². The van der Waals surface area contributed by atoms with Crippen LogP contribution in [0.15, 0.2) is 18.2 Å². The highest BCUT2D eigenvalue weighted by atomic mass is 16.3. The Morgan fingerprint density at radius 3 is 3.00 bits per heavy atom. The van der Waals surface area contributed by atoms with E-state index in [1.807, 2.05) is 6.07 Å². The number of nitrogens with two attached hydrogens (primary N) is 1. The smallest absolute Gasteiger partial charge is 0.163 e. The van der Waals surface area contributed by atoms with Crippen molar-refractivity contribution in [2.24, 2.45) is 5.73 Å². The number of ketones is 1. The Balaban J connectivity index is 2.60. The van der Waals surface area contributed by atoms with Crippen LogP contribution in [-0.2, 0) is 6.61 Å². The number of Topliss-reactive ketones (excluding diaryl/α,β-unsaturated/α-hetero) is 1. The van der Waals surface area contributed by atoms with E-state index in [-0.39, 0.29) is 18.4 Å². The van der Waals surface area contributed by atoms with E-state index in [1.54, 1.807) is 12.1 Å². The average Bonchev–Trinajstić information content (AvgIpc) is 2.23. The molecule has 0 spiro atoms. The highest BCUT2D eigenvalue weighted by Crippen LogP contribution is 2.30. The minimum absolute atomic E-state index is 0.0514. The highest BCUT2D eigenvalue weighted by molar-refractivity contribution is 5.99. The van der Waals surface area contributed by atoms with Gasteiger partial charge in [-0.2, -0.15) is 0 Å². The van der Waals surface area contributed by atoms with Crippen molar-refractivity contribution in [1.82, 2.24) is 0 Å². The first-order valence-corrected chi connectivity index (χ1v) is 4.75. The number of aliphatic hydroxyl groups is 1. The fourth-order valence-corrected chi connectivity index (χ4v) is 2.00. The molecule has 0 saturated carbocycles. The number of hydrogen-bond acceptors (Lipinski definition) is 3. The maximum absolute atomic E-state index is 11.6. The van der Waals surface area contributed by atoms with Gasteiger partial charge in [-0.05, 0) is 17.5 Å². The molecule has 0 amide bonds. The van der Waals surface area contributed by atoms with E-state index in [0.717, 1.165) is 11.1 Å². The Bertz CT molecular complexity index is 374. The van der Waals surface area contributed by atoms with Crippen molar-refractivity contribution in [3.63, 3.8) is 0 Å². The van der Waals surface area contributed by atoms with Gasteiger partial charge in [-0.1, -0.05) is 18.2 Å². The molecule has 0 bridgehead atoms. The largest absolute Gasteiger partial charge is 0.392 e. The topological polar surface area (TPSA) is 63.3 Å². The summed E-state index contributed by atoms with van der Waals surface area (Å²) in [6.07, 6.45) is 1.20. The van der Waals surface area contributed by atoms with E-state index < -0.39 is 0 Å². The Labute approximate surface area is 82.5 Å². The molecule has 0 aliphatic heterocycles. The predicted molar refractivity (Wildman–Crippen MR) is 52.9 cm³/mol. The molecule has 1 atom stereocenters. The molecule has 0 heterocycles. The molecule has 3 nitrogen and oxygen atoms in total. The van der Waals surface area contributed by atoms with Crippen molar-refractivity contribution >= 4 is 5.78 Å².